The van der Waals surface area contributed by atoms with Gasteiger partial charge in [-0.25, -0.2) is 0 Å². The molecule has 0 aromatic heterocycles. The van der Waals surface area contributed by atoms with Gasteiger partial charge in [-0.05, 0) is 41.1 Å². The largest absolute Gasteiger partial charge is 0.179 e. The average Bonchev–Trinajstić information content (AvgIpc) is 2.58. The Hall–Kier alpha value is 0.440. The molecule has 0 aliphatic heterocycles. The van der Waals surface area contributed by atoms with Gasteiger partial charge in [-0.1, -0.05) is 19.1 Å². The van der Waals surface area contributed by atoms with Crippen molar-refractivity contribution in [3.8, 4) is 0 Å². The number of allylic oxidation sites excluding steroid dienone is 2. The fourth-order valence-electron chi connectivity index (χ4n) is 3.01. The first kappa shape index (κ1) is 9.01. The van der Waals surface area contributed by atoms with Crippen molar-refractivity contribution in [3.63, 3.8) is 0 Å². The minimum absolute atomic E-state index is 0.788. The Morgan fingerprint density at radius 3 is 1.75 bits per heavy atom. The molecule has 0 amide bonds. The predicted molar refractivity (Wildman–Crippen MR) is 60.0 cm³/mol. The standard InChI is InChI=1S/C10H16S2/c1-6-7-2-3-8(6)10(5-12)9(7)4-11/h2-3,6-12H,4-5H2,1H3. The second-order valence-corrected chi connectivity index (χ2v) is 4.82. The number of thiol groups is 2. The van der Waals surface area contributed by atoms with Crippen LogP contribution in [-0.4, -0.2) is 11.5 Å². The third-order valence-electron chi connectivity index (χ3n) is 3.73. The van der Waals surface area contributed by atoms with Crippen LogP contribution in [0.2, 0.25) is 0 Å². The summed E-state index contributed by atoms with van der Waals surface area (Å²) < 4.78 is 0. The molecule has 12 heavy (non-hydrogen) atoms. The third kappa shape index (κ3) is 1.07. The fourth-order valence-corrected chi connectivity index (χ4v) is 4.04. The van der Waals surface area contributed by atoms with Gasteiger partial charge in [0.05, 0.1) is 0 Å². The van der Waals surface area contributed by atoms with E-state index in [9.17, 15) is 0 Å². The average molecular weight is 200 g/mol. The molecule has 0 spiro atoms. The normalized spacial score (nSPS) is 50.4. The van der Waals surface area contributed by atoms with Crippen molar-refractivity contribution in [2.24, 2.45) is 29.6 Å². The first-order chi connectivity index (χ1) is 5.79. The molecule has 2 rings (SSSR count). The van der Waals surface area contributed by atoms with E-state index in [1.54, 1.807) is 0 Å². The highest BCUT2D eigenvalue weighted by Gasteiger charge is 2.47. The molecule has 1 fully saturated rings. The van der Waals surface area contributed by atoms with Crippen molar-refractivity contribution in [3.05, 3.63) is 12.2 Å². The molecular weight excluding hydrogens is 184 g/mol. The van der Waals surface area contributed by atoms with E-state index >= 15 is 0 Å². The zero-order valence-electron chi connectivity index (χ0n) is 7.35. The van der Waals surface area contributed by atoms with Crippen LogP contribution in [0.1, 0.15) is 6.92 Å². The maximum absolute atomic E-state index is 4.44. The van der Waals surface area contributed by atoms with Crippen LogP contribution in [0.4, 0.5) is 0 Å². The van der Waals surface area contributed by atoms with Gasteiger partial charge < -0.3 is 0 Å². The van der Waals surface area contributed by atoms with Crippen LogP contribution in [0, 0.1) is 29.6 Å². The number of hydrogen-bond donors (Lipinski definition) is 2. The monoisotopic (exact) mass is 200 g/mol. The summed E-state index contributed by atoms with van der Waals surface area (Å²) in [5.74, 6) is 6.07. The quantitative estimate of drug-likeness (QED) is 0.497. The van der Waals surface area contributed by atoms with Gasteiger partial charge in [0.1, 0.15) is 0 Å². The summed E-state index contributed by atoms with van der Waals surface area (Å²) in [6, 6.07) is 0. The number of fused-ring (bicyclic) bond motifs is 2. The van der Waals surface area contributed by atoms with E-state index < -0.39 is 0 Å². The summed E-state index contributed by atoms with van der Waals surface area (Å²) in [7, 11) is 0. The van der Waals surface area contributed by atoms with Gasteiger partial charge in [0.2, 0.25) is 0 Å². The zero-order chi connectivity index (χ0) is 8.72. The number of rotatable bonds is 2. The van der Waals surface area contributed by atoms with E-state index in [1.165, 1.54) is 0 Å². The number of hydrogen-bond acceptors (Lipinski definition) is 2. The van der Waals surface area contributed by atoms with E-state index in [4.69, 9.17) is 0 Å². The third-order valence-corrected chi connectivity index (χ3v) is 4.57. The Morgan fingerprint density at radius 2 is 1.42 bits per heavy atom. The van der Waals surface area contributed by atoms with Crippen molar-refractivity contribution in [1.82, 2.24) is 0 Å². The molecule has 4 atom stereocenters. The molecule has 0 aromatic carbocycles. The molecule has 2 bridgehead atoms. The lowest BCUT2D eigenvalue weighted by Gasteiger charge is -2.24. The van der Waals surface area contributed by atoms with Crippen LogP contribution in [0.15, 0.2) is 12.2 Å². The minimum atomic E-state index is 0.788. The zero-order valence-corrected chi connectivity index (χ0v) is 9.14. The fraction of sp³-hybridized carbons (Fsp3) is 0.800. The van der Waals surface area contributed by atoms with Crippen LogP contribution in [0.5, 0.6) is 0 Å². The molecule has 1 saturated carbocycles. The summed E-state index contributed by atoms with van der Waals surface area (Å²) in [5.41, 5.74) is 0. The summed E-state index contributed by atoms with van der Waals surface area (Å²) >= 11 is 8.87. The second-order valence-electron chi connectivity index (χ2n) is 4.09. The predicted octanol–water partition coefficient (Wildman–Crippen LogP) is 2.53. The minimum Gasteiger partial charge on any atom is -0.179 e. The molecule has 2 aliphatic rings. The summed E-state index contributed by atoms with van der Waals surface area (Å²) in [6.45, 7) is 2.37. The molecule has 0 nitrogen and oxygen atoms in total. The molecule has 2 aliphatic carbocycles. The lowest BCUT2D eigenvalue weighted by atomic mass is 9.86. The Kier molecular flexibility index (Phi) is 2.48. The molecule has 68 valence electrons. The van der Waals surface area contributed by atoms with Crippen LogP contribution >= 0.6 is 25.3 Å². The molecule has 4 unspecified atom stereocenters. The van der Waals surface area contributed by atoms with Crippen LogP contribution in [0.3, 0.4) is 0 Å². The second kappa shape index (κ2) is 3.30. The first-order valence-corrected chi connectivity index (χ1v) is 5.96. The topological polar surface area (TPSA) is 0 Å². The van der Waals surface area contributed by atoms with E-state index in [2.05, 4.69) is 44.3 Å². The smallest absolute Gasteiger partial charge is 0.00606 e. The van der Waals surface area contributed by atoms with Crippen LogP contribution in [-0.2, 0) is 0 Å². The molecule has 0 aromatic rings. The Morgan fingerprint density at radius 1 is 1.00 bits per heavy atom. The van der Waals surface area contributed by atoms with E-state index in [0.29, 0.717) is 0 Å². The maximum atomic E-state index is 4.44. The highest BCUT2D eigenvalue weighted by Crippen LogP contribution is 2.52. The van der Waals surface area contributed by atoms with E-state index in [-0.39, 0.29) is 0 Å². The van der Waals surface area contributed by atoms with Gasteiger partial charge in [-0.3, -0.25) is 0 Å². The van der Waals surface area contributed by atoms with Gasteiger partial charge in [0.15, 0.2) is 0 Å². The van der Waals surface area contributed by atoms with Gasteiger partial charge in [-0.15, -0.1) is 0 Å². The summed E-state index contributed by atoms with van der Waals surface area (Å²) in [5, 5.41) is 0. The van der Waals surface area contributed by atoms with Crippen molar-refractivity contribution in [2.75, 3.05) is 11.5 Å². The molecule has 0 heterocycles. The lowest BCUT2D eigenvalue weighted by molar-refractivity contribution is 0.379. The van der Waals surface area contributed by atoms with Crippen molar-refractivity contribution >= 4 is 25.3 Å². The van der Waals surface area contributed by atoms with Gasteiger partial charge in [0, 0.05) is 0 Å². The molecule has 2 heteroatoms. The van der Waals surface area contributed by atoms with Gasteiger partial charge >= 0.3 is 0 Å². The first-order valence-electron chi connectivity index (χ1n) is 4.69. The SMILES string of the molecule is CC1C2C=CC1C(CS)C2CS. The van der Waals surface area contributed by atoms with E-state index in [0.717, 1.165) is 41.1 Å². The Labute approximate surface area is 85.6 Å². The van der Waals surface area contributed by atoms with Crippen LogP contribution < -0.4 is 0 Å². The molecule has 0 N–H and O–H groups in total. The van der Waals surface area contributed by atoms with Gasteiger partial charge in [-0.2, -0.15) is 25.3 Å². The van der Waals surface area contributed by atoms with Crippen molar-refractivity contribution < 1.29 is 0 Å². The molecule has 0 radical (unpaired) electrons. The Balaban J connectivity index is 2.21. The van der Waals surface area contributed by atoms with Gasteiger partial charge in [0.25, 0.3) is 0 Å². The highest BCUT2D eigenvalue weighted by atomic mass is 32.1. The van der Waals surface area contributed by atoms with Crippen molar-refractivity contribution in [1.29, 1.82) is 0 Å². The summed E-state index contributed by atoms with van der Waals surface area (Å²) in [4.78, 5) is 0. The van der Waals surface area contributed by atoms with Crippen LogP contribution in [0.25, 0.3) is 0 Å². The molecular formula is C10H16S2. The Bertz CT molecular complexity index is 180. The maximum Gasteiger partial charge on any atom is -0.00606 e. The summed E-state index contributed by atoms with van der Waals surface area (Å²) in [6.07, 6.45) is 4.80. The van der Waals surface area contributed by atoms with Crippen molar-refractivity contribution in [2.45, 2.75) is 6.92 Å². The lowest BCUT2D eigenvalue weighted by Crippen LogP contribution is -2.22. The van der Waals surface area contributed by atoms with E-state index in [1.807, 2.05) is 0 Å². The highest BCUT2D eigenvalue weighted by molar-refractivity contribution is 7.80. The molecule has 0 saturated heterocycles.